The van der Waals surface area contributed by atoms with E-state index in [0.29, 0.717) is 30.6 Å². The Bertz CT molecular complexity index is 547. The lowest BCUT2D eigenvalue weighted by atomic mass is 9.99. The maximum atomic E-state index is 12.2. The highest BCUT2D eigenvalue weighted by Gasteiger charge is 2.21. The molecule has 134 valence electrons. The summed E-state index contributed by atoms with van der Waals surface area (Å²) < 4.78 is 5.60. The molecule has 1 saturated heterocycles. The van der Waals surface area contributed by atoms with Gasteiger partial charge in [0, 0.05) is 19.1 Å². The molecule has 0 spiro atoms. The number of urea groups is 1. The van der Waals surface area contributed by atoms with E-state index in [-0.39, 0.29) is 6.03 Å². The van der Waals surface area contributed by atoms with Crippen LogP contribution in [0.25, 0.3) is 0 Å². The van der Waals surface area contributed by atoms with E-state index in [1.807, 2.05) is 32.0 Å². The Kier molecular flexibility index (Phi) is 6.91. The Labute approximate surface area is 145 Å². The molecule has 1 aromatic rings. The number of piperidine rings is 1. The number of ether oxygens (including phenoxy) is 1. The fraction of sp³-hybridized carbons (Fsp3) is 0.632. The predicted octanol–water partition coefficient (Wildman–Crippen LogP) is 3.64. The lowest BCUT2D eigenvalue weighted by molar-refractivity contribution is 0.138. The molecule has 2 atom stereocenters. The van der Waals surface area contributed by atoms with Crippen LogP contribution in [0.5, 0.6) is 5.75 Å². The van der Waals surface area contributed by atoms with E-state index in [0.717, 1.165) is 24.6 Å². The highest BCUT2D eigenvalue weighted by Crippen LogP contribution is 2.25. The first-order valence-electron chi connectivity index (χ1n) is 9.02. The van der Waals surface area contributed by atoms with E-state index in [4.69, 9.17) is 4.74 Å². The van der Waals surface area contributed by atoms with Crippen LogP contribution in [-0.4, -0.2) is 43.2 Å². The Hall–Kier alpha value is -1.75. The molecule has 1 aliphatic heterocycles. The first-order valence-corrected chi connectivity index (χ1v) is 9.02. The molecular formula is C19H31N3O2. The summed E-state index contributed by atoms with van der Waals surface area (Å²) in [5, 5.41) is 5.88. The normalized spacial score (nSPS) is 19.6. The fourth-order valence-electron chi connectivity index (χ4n) is 3.17. The summed E-state index contributed by atoms with van der Waals surface area (Å²) in [5.41, 5.74) is 1.82. The quantitative estimate of drug-likeness (QED) is 0.836. The SMILES string of the molecule is CCOc1cc(C)ccc1NC(=O)NCC(C)N1CCCC(C)C1. The van der Waals surface area contributed by atoms with Crippen molar-refractivity contribution in [3.63, 3.8) is 0 Å². The number of carbonyl (C=O) groups excluding carboxylic acids is 1. The van der Waals surface area contributed by atoms with E-state index in [2.05, 4.69) is 29.4 Å². The number of hydrogen-bond donors (Lipinski definition) is 2. The number of nitrogens with one attached hydrogen (secondary N) is 2. The van der Waals surface area contributed by atoms with Gasteiger partial charge in [0.25, 0.3) is 0 Å². The van der Waals surface area contributed by atoms with Crippen molar-refractivity contribution in [2.45, 2.75) is 46.6 Å². The van der Waals surface area contributed by atoms with Crippen molar-refractivity contribution < 1.29 is 9.53 Å². The number of rotatable bonds is 6. The highest BCUT2D eigenvalue weighted by atomic mass is 16.5. The summed E-state index contributed by atoms with van der Waals surface area (Å²) in [4.78, 5) is 14.7. The molecule has 1 heterocycles. The summed E-state index contributed by atoms with van der Waals surface area (Å²) >= 11 is 0. The van der Waals surface area contributed by atoms with Gasteiger partial charge in [0.15, 0.2) is 0 Å². The predicted molar refractivity (Wildman–Crippen MR) is 98.8 cm³/mol. The van der Waals surface area contributed by atoms with Gasteiger partial charge in [-0.25, -0.2) is 4.79 Å². The minimum absolute atomic E-state index is 0.184. The molecule has 2 rings (SSSR count). The van der Waals surface area contributed by atoms with Crippen LogP contribution in [-0.2, 0) is 0 Å². The maximum absolute atomic E-state index is 12.2. The smallest absolute Gasteiger partial charge is 0.319 e. The number of aryl methyl sites for hydroxylation is 1. The number of likely N-dealkylation sites (tertiary alicyclic amines) is 1. The monoisotopic (exact) mass is 333 g/mol. The molecule has 5 nitrogen and oxygen atoms in total. The molecule has 2 unspecified atom stereocenters. The molecule has 1 fully saturated rings. The number of hydrogen-bond acceptors (Lipinski definition) is 3. The van der Waals surface area contributed by atoms with Crippen LogP contribution in [0.4, 0.5) is 10.5 Å². The lowest BCUT2D eigenvalue weighted by Crippen LogP contribution is -2.47. The van der Waals surface area contributed by atoms with Gasteiger partial charge in [0.1, 0.15) is 5.75 Å². The molecule has 0 saturated carbocycles. The van der Waals surface area contributed by atoms with Gasteiger partial charge < -0.3 is 15.4 Å². The van der Waals surface area contributed by atoms with Crippen molar-refractivity contribution in [1.29, 1.82) is 0 Å². The summed E-state index contributed by atoms with van der Waals surface area (Å²) in [7, 11) is 0. The minimum atomic E-state index is -0.184. The summed E-state index contributed by atoms with van der Waals surface area (Å²) in [5.74, 6) is 1.46. The van der Waals surface area contributed by atoms with Gasteiger partial charge in [-0.1, -0.05) is 13.0 Å². The van der Waals surface area contributed by atoms with Gasteiger partial charge in [0.2, 0.25) is 0 Å². The number of amides is 2. The van der Waals surface area contributed by atoms with E-state index >= 15 is 0 Å². The fourth-order valence-corrected chi connectivity index (χ4v) is 3.17. The Balaban J connectivity index is 1.85. The zero-order chi connectivity index (χ0) is 17.5. The topological polar surface area (TPSA) is 53.6 Å². The third-order valence-corrected chi connectivity index (χ3v) is 4.55. The molecule has 5 heteroatoms. The van der Waals surface area contributed by atoms with Crippen molar-refractivity contribution in [3.05, 3.63) is 23.8 Å². The first-order chi connectivity index (χ1) is 11.5. The second kappa shape index (κ2) is 8.92. The van der Waals surface area contributed by atoms with E-state index in [9.17, 15) is 4.79 Å². The standard InChI is InChI=1S/C19H31N3O2/c1-5-24-18-11-14(2)8-9-17(18)21-19(23)20-12-16(4)22-10-6-7-15(3)13-22/h8-9,11,15-16H,5-7,10,12-13H2,1-4H3,(H2,20,21,23). The molecule has 0 aliphatic carbocycles. The van der Waals surface area contributed by atoms with Crippen LogP contribution in [0, 0.1) is 12.8 Å². The average molecular weight is 333 g/mol. The van der Waals surface area contributed by atoms with Crippen molar-refractivity contribution in [3.8, 4) is 5.75 Å². The van der Waals surface area contributed by atoms with E-state index in [1.54, 1.807) is 0 Å². The van der Waals surface area contributed by atoms with Gasteiger partial charge in [-0.2, -0.15) is 0 Å². The Morgan fingerprint density at radius 1 is 1.46 bits per heavy atom. The summed E-state index contributed by atoms with van der Waals surface area (Å²) in [6.45, 7) is 11.9. The Morgan fingerprint density at radius 2 is 2.25 bits per heavy atom. The number of carbonyl (C=O) groups is 1. The highest BCUT2D eigenvalue weighted by molar-refractivity contribution is 5.91. The minimum Gasteiger partial charge on any atom is -0.492 e. The van der Waals surface area contributed by atoms with Gasteiger partial charge in [0.05, 0.1) is 12.3 Å². The van der Waals surface area contributed by atoms with Crippen LogP contribution in [0.1, 0.15) is 39.2 Å². The summed E-state index contributed by atoms with van der Waals surface area (Å²) in [6.07, 6.45) is 2.56. The zero-order valence-corrected chi connectivity index (χ0v) is 15.4. The molecule has 1 aliphatic rings. The second-order valence-corrected chi connectivity index (χ2v) is 6.86. The van der Waals surface area contributed by atoms with Crippen LogP contribution < -0.4 is 15.4 Å². The largest absolute Gasteiger partial charge is 0.492 e. The number of benzene rings is 1. The molecular weight excluding hydrogens is 302 g/mol. The van der Waals surface area contributed by atoms with Gasteiger partial charge in [-0.05, 0) is 63.8 Å². The van der Waals surface area contributed by atoms with Crippen molar-refractivity contribution in [2.75, 3.05) is 31.6 Å². The van der Waals surface area contributed by atoms with Gasteiger partial charge in [-0.15, -0.1) is 0 Å². The maximum Gasteiger partial charge on any atom is 0.319 e. The first kappa shape index (κ1) is 18.6. The van der Waals surface area contributed by atoms with Crippen molar-refractivity contribution in [2.24, 2.45) is 5.92 Å². The van der Waals surface area contributed by atoms with Crippen LogP contribution in [0.2, 0.25) is 0 Å². The van der Waals surface area contributed by atoms with Gasteiger partial charge >= 0.3 is 6.03 Å². The second-order valence-electron chi connectivity index (χ2n) is 6.86. The molecule has 1 aromatic carbocycles. The van der Waals surface area contributed by atoms with Gasteiger partial charge in [-0.3, -0.25) is 4.90 Å². The molecule has 2 N–H and O–H groups in total. The van der Waals surface area contributed by atoms with Crippen molar-refractivity contribution >= 4 is 11.7 Å². The summed E-state index contributed by atoms with van der Waals surface area (Å²) in [6, 6.07) is 5.96. The molecule has 2 amide bonds. The molecule has 0 bridgehead atoms. The molecule has 24 heavy (non-hydrogen) atoms. The van der Waals surface area contributed by atoms with Crippen molar-refractivity contribution in [1.82, 2.24) is 10.2 Å². The number of nitrogens with zero attached hydrogens (tertiary/aromatic N) is 1. The van der Waals surface area contributed by atoms with Crippen LogP contribution in [0.15, 0.2) is 18.2 Å². The zero-order valence-electron chi connectivity index (χ0n) is 15.4. The Morgan fingerprint density at radius 3 is 2.96 bits per heavy atom. The molecule has 0 radical (unpaired) electrons. The van der Waals surface area contributed by atoms with E-state index < -0.39 is 0 Å². The number of anilines is 1. The van der Waals surface area contributed by atoms with Crippen LogP contribution in [0.3, 0.4) is 0 Å². The molecule has 0 aromatic heterocycles. The lowest BCUT2D eigenvalue weighted by Gasteiger charge is -2.35. The third-order valence-electron chi connectivity index (χ3n) is 4.55. The van der Waals surface area contributed by atoms with E-state index in [1.165, 1.54) is 12.8 Å². The average Bonchev–Trinajstić information content (AvgIpc) is 2.55. The van der Waals surface area contributed by atoms with Crippen LogP contribution >= 0.6 is 0 Å². The third kappa shape index (κ3) is 5.41.